The lowest BCUT2D eigenvalue weighted by Crippen LogP contribution is -2.44. The highest BCUT2D eigenvalue weighted by atomic mass is 79.9. The standard InChI is InChI=1S/C17H25BrN2O2.ClH/c1-19-9-3-6-16(21)20-13-17(7-10-22-11-8-17)14-4-2-5-15(18)12-14;/h2,4-5,12,19H,3,6-11,13H2,1H3,(H,20,21);1H. The summed E-state index contributed by atoms with van der Waals surface area (Å²) in [5.41, 5.74) is 1.27. The average Bonchev–Trinajstić information content (AvgIpc) is 2.54. The fraction of sp³-hybridized carbons (Fsp3) is 0.588. The van der Waals surface area contributed by atoms with Gasteiger partial charge in [0.1, 0.15) is 0 Å². The summed E-state index contributed by atoms with van der Waals surface area (Å²) in [4.78, 5) is 12.0. The largest absolute Gasteiger partial charge is 0.381 e. The van der Waals surface area contributed by atoms with E-state index in [4.69, 9.17) is 4.74 Å². The highest BCUT2D eigenvalue weighted by Crippen LogP contribution is 2.35. The predicted molar refractivity (Wildman–Crippen MR) is 99.3 cm³/mol. The molecule has 0 aromatic heterocycles. The molecule has 1 aromatic rings. The first-order chi connectivity index (χ1) is 10.7. The molecule has 1 saturated heterocycles. The monoisotopic (exact) mass is 404 g/mol. The van der Waals surface area contributed by atoms with Gasteiger partial charge >= 0.3 is 0 Å². The fourth-order valence-corrected chi connectivity index (χ4v) is 3.33. The lowest BCUT2D eigenvalue weighted by Gasteiger charge is -2.38. The maximum atomic E-state index is 12.0. The molecule has 0 bridgehead atoms. The van der Waals surface area contributed by atoms with E-state index in [9.17, 15) is 4.79 Å². The van der Waals surface area contributed by atoms with E-state index >= 15 is 0 Å². The molecule has 0 unspecified atom stereocenters. The van der Waals surface area contributed by atoms with Crippen molar-refractivity contribution in [1.82, 2.24) is 10.6 Å². The van der Waals surface area contributed by atoms with E-state index in [0.29, 0.717) is 13.0 Å². The molecule has 1 aliphatic rings. The third-order valence-electron chi connectivity index (χ3n) is 4.34. The van der Waals surface area contributed by atoms with Gasteiger partial charge in [-0.3, -0.25) is 4.79 Å². The Kier molecular flexibility index (Phi) is 9.14. The maximum absolute atomic E-state index is 12.0. The number of carbonyl (C=O) groups excluding carboxylic acids is 1. The molecule has 0 atom stereocenters. The molecule has 1 fully saturated rings. The Balaban J connectivity index is 0.00000264. The van der Waals surface area contributed by atoms with Crippen molar-refractivity contribution in [2.24, 2.45) is 0 Å². The van der Waals surface area contributed by atoms with Crippen LogP contribution in [0.3, 0.4) is 0 Å². The third kappa shape index (κ3) is 6.07. The van der Waals surface area contributed by atoms with Crippen molar-refractivity contribution in [3.63, 3.8) is 0 Å². The Morgan fingerprint density at radius 3 is 2.74 bits per heavy atom. The van der Waals surface area contributed by atoms with Gasteiger partial charge in [-0.1, -0.05) is 28.1 Å². The number of rotatable bonds is 7. The van der Waals surface area contributed by atoms with Gasteiger partial charge in [-0.25, -0.2) is 0 Å². The van der Waals surface area contributed by atoms with Crippen LogP contribution in [0.25, 0.3) is 0 Å². The summed E-state index contributed by atoms with van der Waals surface area (Å²) < 4.78 is 6.61. The van der Waals surface area contributed by atoms with Crippen molar-refractivity contribution in [3.05, 3.63) is 34.3 Å². The van der Waals surface area contributed by atoms with Crippen LogP contribution >= 0.6 is 28.3 Å². The number of nitrogens with one attached hydrogen (secondary N) is 2. The quantitative estimate of drug-likeness (QED) is 0.686. The first-order valence-electron chi connectivity index (χ1n) is 7.91. The topological polar surface area (TPSA) is 50.4 Å². The van der Waals surface area contributed by atoms with E-state index in [-0.39, 0.29) is 23.7 Å². The Labute approximate surface area is 153 Å². The van der Waals surface area contributed by atoms with Crippen LogP contribution < -0.4 is 10.6 Å². The van der Waals surface area contributed by atoms with Crippen LogP contribution in [-0.4, -0.2) is 39.3 Å². The number of amides is 1. The lowest BCUT2D eigenvalue weighted by atomic mass is 9.74. The number of ether oxygens (including phenoxy) is 1. The van der Waals surface area contributed by atoms with Crippen LogP contribution in [0.1, 0.15) is 31.2 Å². The first-order valence-corrected chi connectivity index (χ1v) is 8.71. The Morgan fingerprint density at radius 2 is 2.09 bits per heavy atom. The minimum atomic E-state index is -0.0132. The molecule has 6 heteroatoms. The van der Waals surface area contributed by atoms with Gasteiger partial charge in [-0.2, -0.15) is 0 Å². The van der Waals surface area contributed by atoms with Gasteiger partial charge in [0, 0.05) is 36.1 Å². The van der Waals surface area contributed by atoms with Crippen molar-refractivity contribution in [2.45, 2.75) is 31.1 Å². The number of benzene rings is 1. The molecule has 2 N–H and O–H groups in total. The van der Waals surface area contributed by atoms with Crippen molar-refractivity contribution in [1.29, 1.82) is 0 Å². The zero-order valence-electron chi connectivity index (χ0n) is 13.6. The zero-order chi connectivity index (χ0) is 15.8. The first kappa shape index (κ1) is 20.4. The number of hydrogen-bond donors (Lipinski definition) is 2. The van der Waals surface area contributed by atoms with E-state index in [0.717, 1.165) is 43.5 Å². The second kappa shape index (κ2) is 10.3. The van der Waals surface area contributed by atoms with Crippen molar-refractivity contribution < 1.29 is 9.53 Å². The van der Waals surface area contributed by atoms with E-state index in [1.54, 1.807) is 0 Å². The molecule has 2 rings (SSSR count). The average molecular weight is 406 g/mol. The van der Waals surface area contributed by atoms with E-state index < -0.39 is 0 Å². The molecule has 0 saturated carbocycles. The fourth-order valence-electron chi connectivity index (χ4n) is 2.93. The zero-order valence-corrected chi connectivity index (χ0v) is 16.0. The molecular weight excluding hydrogens is 380 g/mol. The molecule has 0 aliphatic carbocycles. The van der Waals surface area contributed by atoms with Crippen molar-refractivity contribution >= 4 is 34.2 Å². The number of hydrogen-bond acceptors (Lipinski definition) is 3. The van der Waals surface area contributed by atoms with Crippen LogP contribution in [0.4, 0.5) is 0 Å². The lowest BCUT2D eigenvalue weighted by molar-refractivity contribution is -0.121. The van der Waals surface area contributed by atoms with Gasteiger partial charge in [-0.15, -0.1) is 12.4 Å². The molecule has 1 heterocycles. The van der Waals surface area contributed by atoms with Gasteiger partial charge in [0.2, 0.25) is 5.91 Å². The van der Waals surface area contributed by atoms with Gasteiger partial charge in [0.05, 0.1) is 0 Å². The molecule has 1 aromatic carbocycles. The van der Waals surface area contributed by atoms with Gasteiger partial charge in [0.25, 0.3) is 0 Å². The predicted octanol–water partition coefficient (Wildman–Crippen LogP) is 3.03. The summed E-state index contributed by atoms with van der Waals surface area (Å²) in [6, 6.07) is 8.42. The molecule has 0 radical (unpaired) electrons. The molecule has 1 amide bonds. The minimum Gasteiger partial charge on any atom is -0.381 e. The normalized spacial score (nSPS) is 16.4. The van der Waals surface area contributed by atoms with Crippen molar-refractivity contribution in [2.75, 3.05) is 33.4 Å². The van der Waals surface area contributed by atoms with Crippen LogP contribution in [0.5, 0.6) is 0 Å². The van der Waals surface area contributed by atoms with E-state index in [1.807, 2.05) is 13.1 Å². The summed E-state index contributed by atoms with van der Waals surface area (Å²) in [6.45, 7) is 3.06. The Bertz CT molecular complexity index is 493. The minimum absolute atomic E-state index is 0. The van der Waals surface area contributed by atoms with Crippen LogP contribution in [0, 0.1) is 0 Å². The smallest absolute Gasteiger partial charge is 0.220 e. The molecule has 1 aliphatic heterocycles. The van der Waals surface area contributed by atoms with Crippen LogP contribution in [0.15, 0.2) is 28.7 Å². The SMILES string of the molecule is CNCCCC(=O)NCC1(c2cccc(Br)c2)CCOCC1.Cl. The van der Waals surface area contributed by atoms with Crippen molar-refractivity contribution in [3.8, 4) is 0 Å². The summed E-state index contributed by atoms with van der Waals surface area (Å²) in [5, 5.41) is 6.20. The second-order valence-corrected chi connectivity index (χ2v) is 6.80. The molecule has 23 heavy (non-hydrogen) atoms. The van der Waals surface area contributed by atoms with E-state index in [2.05, 4.69) is 44.8 Å². The van der Waals surface area contributed by atoms with Gasteiger partial charge in [0.15, 0.2) is 0 Å². The molecule has 0 spiro atoms. The summed E-state index contributed by atoms with van der Waals surface area (Å²) in [7, 11) is 1.90. The van der Waals surface area contributed by atoms with Gasteiger partial charge in [-0.05, 0) is 50.6 Å². The Morgan fingerprint density at radius 1 is 1.35 bits per heavy atom. The highest BCUT2D eigenvalue weighted by molar-refractivity contribution is 9.10. The highest BCUT2D eigenvalue weighted by Gasteiger charge is 2.34. The molecular formula is C17H26BrClN2O2. The van der Waals surface area contributed by atoms with Gasteiger partial charge < -0.3 is 15.4 Å². The van der Waals surface area contributed by atoms with Crippen LogP contribution in [-0.2, 0) is 14.9 Å². The van der Waals surface area contributed by atoms with E-state index in [1.165, 1.54) is 5.56 Å². The summed E-state index contributed by atoms with van der Waals surface area (Å²) >= 11 is 3.55. The van der Waals surface area contributed by atoms with Crippen LogP contribution in [0.2, 0.25) is 0 Å². The molecule has 130 valence electrons. The Hall–Kier alpha value is -0.620. The third-order valence-corrected chi connectivity index (χ3v) is 4.83. The maximum Gasteiger partial charge on any atom is 0.220 e. The summed E-state index contributed by atoms with van der Waals surface area (Å²) in [5.74, 6) is 0.135. The molecule has 4 nitrogen and oxygen atoms in total. The second-order valence-electron chi connectivity index (χ2n) is 5.89. The summed E-state index contributed by atoms with van der Waals surface area (Å²) in [6.07, 6.45) is 3.34. The number of halogens is 2. The number of carbonyl (C=O) groups is 1.